The largest absolute Gasteiger partial charge is 0.489 e. The number of ether oxygens (including phenoxy) is 1. The molecule has 0 spiro atoms. The zero-order valence-corrected chi connectivity index (χ0v) is 20.1. The lowest BCUT2D eigenvalue weighted by Crippen LogP contribution is -2.28. The Kier molecular flexibility index (Phi) is 6.61. The molecule has 5 rings (SSSR count). The highest BCUT2D eigenvalue weighted by Crippen LogP contribution is 2.33. The molecule has 1 amide bonds. The highest BCUT2D eigenvalue weighted by molar-refractivity contribution is 6.00. The number of fused-ring (bicyclic) bond motifs is 1. The minimum atomic E-state index is -0.658. The number of rotatable bonds is 6. The number of carbonyl (C=O) groups excluding carboxylic acids is 1. The van der Waals surface area contributed by atoms with Gasteiger partial charge in [-0.15, -0.1) is 0 Å². The molecule has 1 unspecified atom stereocenters. The van der Waals surface area contributed by atoms with Crippen LogP contribution in [0.5, 0.6) is 5.75 Å². The maximum Gasteiger partial charge on any atom is 0.254 e. The fraction of sp³-hybridized carbons (Fsp3) is 0.241. The zero-order valence-electron chi connectivity index (χ0n) is 20.1. The second-order valence-corrected chi connectivity index (χ2v) is 9.06. The van der Waals surface area contributed by atoms with Crippen LogP contribution < -0.4 is 10.5 Å². The van der Waals surface area contributed by atoms with Gasteiger partial charge in [-0.25, -0.2) is 9.97 Å². The van der Waals surface area contributed by atoms with Gasteiger partial charge in [-0.1, -0.05) is 30.3 Å². The lowest BCUT2D eigenvalue weighted by atomic mass is 9.96. The molecule has 1 saturated heterocycles. The Morgan fingerprint density at radius 2 is 1.89 bits per heavy atom. The van der Waals surface area contributed by atoms with Crippen LogP contribution >= 0.6 is 0 Å². The molecule has 0 radical (unpaired) electrons. The predicted molar refractivity (Wildman–Crippen MR) is 137 cm³/mol. The maximum atomic E-state index is 13.1. The van der Waals surface area contributed by atoms with Crippen LogP contribution in [0, 0.1) is 18.3 Å². The molecule has 36 heavy (non-hydrogen) atoms. The van der Waals surface area contributed by atoms with E-state index in [1.807, 2.05) is 54.3 Å². The lowest BCUT2D eigenvalue weighted by molar-refractivity contribution is 0.0792. The zero-order chi connectivity index (χ0) is 25.1. The summed E-state index contributed by atoms with van der Waals surface area (Å²) >= 11 is 0. The Morgan fingerprint density at radius 1 is 1.11 bits per heavy atom. The molecular weight excluding hydrogens is 450 g/mol. The SMILES string of the molecule is Cc1cc2c(C(N)c3cc(C#N)ccc3OCc3ccccc3)ncnc2cc1C(=O)N1CCCC1. The Balaban J connectivity index is 1.52. The number of likely N-dealkylation sites (tertiary alicyclic amines) is 1. The van der Waals surface area contributed by atoms with Gasteiger partial charge < -0.3 is 15.4 Å². The van der Waals surface area contributed by atoms with Crippen LogP contribution in [0.3, 0.4) is 0 Å². The van der Waals surface area contributed by atoms with Crippen LogP contribution in [0.4, 0.5) is 0 Å². The van der Waals surface area contributed by atoms with Crippen molar-refractivity contribution in [3.63, 3.8) is 0 Å². The third kappa shape index (κ3) is 4.64. The van der Waals surface area contributed by atoms with E-state index in [9.17, 15) is 10.1 Å². The molecule has 180 valence electrons. The van der Waals surface area contributed by atoms with Gasteiger partial charge in [0.05, 0.1) is 28.9 Å². The summed E-state index contributed by atoms with van der Waals surface area (Å²) in [4.78, 5) is 23.9. The fourth-order valence-electron chi connectivity index (χ4n) is 4.68. The average Bonchev–Trinajstić information content (AvgIpc) is 3.46. The number of nitrogens with zero attached hydrogens (tertiary/aromatic N) is 4. The molecule has 1 atom stereocenters. The summed E-state index contributed by atoms with van der Waals surface area (Å²) in [7, 11) is 0. The van der Waals surface area contributed by atoms with E-state index in [2.05, 4.69) is 16.0 Å². The third-order valence-electron chi connectivity index (χ3n) is 6.64. The van der Waals surface area contributed by atoms with Gasteiger partial charge in [0.25, 0.3) is 5.91 Å². The minimum absolute atomic E-state index is 0.0367. The van der Waals surface area contributed by atoms with Crippen LogP contribution in [-0.4, -0.2) is 33.9 Å². The first kappa shape index (κ1) is 23.5. The standard InChI is InChI=1S/C29H27N5O2/c1-19-13-23-25(15-22(19)29(35)34-11-5-6-12-34)32-18-33-28(23)27(31)24-14-21(16-30)9-10-26(24)36-17-20-7-3-2-4-8-20/h2-4,7-10,13-15,18,27H,5-6,11-12,17,31H2,1H3. The molecule has 1 aliphatic heterocycles. The molecule has 7 heteroatoms. The number of benzene rings is 3. The second kappa shape index (κ2) is 10.1. The molecule has 0 saturated carbocycles. The lowest BCUT2D eigenvalue weighted by Gasteiger charge is -2.20. The van der Waals surface area contributed by atoms with E-state index >= 15 is 0 Å². The molecule has 2 heterocycles. The van der Waals surface area contributed by atoms with Crippen molar-refractivity contribution < 1.29 is 9.53 Å². The quantitative estimate of drug-likeness (QED) is 0.433. The number of nitriles is 1. The number of aromatic nitrogens is 2. The molecule has 4 aromatic rings. The number of hydrogen-bond donors (Lipinski definition) is 1. The molecule has 7 nitrogen and oxygen atoms in total. The highest BCUT2D eigenvalue weighted by Gasteiger charge is 2.24. The van der Waals surface area contributed by atoms with Crippen LogP contribution in [0.1, 0.15) is 57.2 Å². The molecule has 1 aliphatic rings. The van der Waals surface area contributed by atoms with Gasteiger partial charge >= 0.3 is 0 Å². The van der Waals surface area contributed by atoms with Gasteiger partial charge in [0.1, 0.15) is 18.7 Å². The van der Waals surface area contributed by atoms with Gasteiger partial charge in [0, 0.05) is 29.6 Å². The van der Waals surface area contributed by atoms with Crippen molar-refractivity contribution in [2.24, 2.45) is 5.73 Å². The van der Waals surface area contributed by atoms with E-state index in [-0.39, 0.29) is 5.91 Å². The van der Waals surface area contributed by atoms with Gasteiger partial charge in [0.2, 0.25) is 0 Å². The van der Waals surface area contributed by atoms with Crippen LogP contribution in [-0.2, 0) is 6.61 Å². The van der Waals surface area contributed by atoms with Crippen molar-refractivity contribution in [3.8, 4) is 11.8 Å². The molecule has 1 aromatic heterocycles. The van der Waals surface area contributed by atoms with E-state index in [1.165, 1.54) is 6.33 Å². The first-order valence-electron chi connectivity index (χ1n) is 12.1. The summed E-state index contributed by atoms with van der Waals surface area (Å²) in [5, 5.41) is 10.3. The van der Waals surface area contributed by atoms with E-state index in [0.29, 0.717) is 40.3 Å². The maximum absolute atomic E-state index is 13.1. The number of amides is 1. The van der Waals surface area contributed by atoms with Crippen molar-refractivity contribution in [2.75, 3.05) is 13.1 Å². The first-order chi connectivity index (χ1) is 17.5. The Hall–Kier alpha value is -4.28. The molecule has 0 bridgehead atoms. The fourth-order valence-corrected chi connectivity index (χ4v) is 4.68. The van der Waals surface area contributed by atoms with Gasteiger partial charge in [-0.05, 0) is 61.2 Å². The molecule has 3 aromatic carbocycles. The van der Waals surface area contributed by atoms with Gasteiger partial charge in [0.15, 0.2) is 0 Å². The molecule has 1 fully saturated rings. The van der Waals surface area contributed by atoms with E-state index in [1.54, 1.807) is 18.2 Å². The van der Waals surface area contributed by atoms with Crippen molar-refractivity contribution in [3.05, 3.63) is 101 Å². The number of hydrogen-bond acceptors (Lipinski definition) is 6. The second-order valence-electron chi connectivity index (χ2n) is 9.06. The van der Waals surface area contributed by atoms with Crippen molar-refractivity contribution in [1.29, 1.82) is 5.26 Å². The normalized spacial score (nSPS) is 14.0. The first-order valence-corrected chi connectivity index (χ1v) is 12.1. The number of nitrogens with two attached hydrogens (primary N) is 1. The van der Waals surface area contributed by atoms with Crippen LogP contribution in [0.2, 0.25) is 0 Å². The van der Waals surface area contributed by atoms with Crippen LogP contribution in [0.15, 0.2) is 67.0 Å². The monoisotopic (exact) mass is 477 g/mol. The Morgan fingerprint density at radius 3 is 2.64 bits per heavy atom. The van der Waals surface area contributed by atoms with Crippen molar-refractivity contribution in [2.45, 2.75) is 32.4 Å². The van der Waals surface area contributed by atoms with Crippen LogP contribution in [0.25, 0.3) is 10.9 Å². The average molecular weight is 478 g/mol. The predicted octanol–water partition coefficient (Wildman–Crippen LogP) is 4.67. The summed E-state index contributed by atoms with van der Waals surface area (Å²) < 4.78 is 6.13. The third-order valence-corrected chi connectivity index (χ3v) is 6.64. The number of carbonyl (C=O) groups is 1. The van der Waals surface area contributed by atoms with Crippen molar-refractivity contribution >= 4 is 16.8 Å². The van der Waals surface area contributed by atoms with E-state index in [0.717, 1.165) is 42.4 Å². The molecule has 0 aliphatic carbocycles. The minimum Gasteiger partial charge on any atom is -0.489 e. The Labute approximate surface area is 210 Å². The summed E-state index contributed by atoms with van der Waals surface area (Å²) in [6, 6.07) is 20.4. The van der Waals surface area contributed by atoms with E-state index < -0.39 is 6.04 Å². The summed E-state index contributed by atoms with van der Waals surface area (Å²) in [6.07, 6.45) is 3.54. The number of aryl methyl sites for hydroxylation is 1. The van der Waals surface area contributed by atoms with Gasteiger partial charge in [-0.3, -0.25) is 4.79 Å². The van der Waals surface area contributed by atoms with Gasteiger partial charge in [-0.2, -0.15) is 5.26 Å². The summed E-state index contributed by atoms with van der Waals surface area (Å²) in [5.41, 5.74) is 11.7. The Bertz CT molecular complexity index is 1460. The summed E-state index contributed by atoms with van der Waals surface area (Å²) in [5.74, 6) is 0.629. The molecular formula is C29H27N5O2. The smallest absolute Gasteiger partial charge is 0.254 e. The molecule has 2 N–H and O–H groups in total. The summed E-state index contributed by atoms with van der Waals surface area (Å²) in [6.45, 7) is 3.88. The highest BCUT2D eigenvalue weighted by atomic mass is 16.5. The van der Waals surface area contributed by atoms with E-state index in [4.69, 9.17) is 10.5 Å². The topological polar surface area (TPSA) is 105 Å². The van der Waals surface area contributed by atoms with Crippen molar-refractivity contribution in [1.82, 2.24) is 14.9 Å².